The maximum Gasteiger partial charge on any atom is 0.0824 e. The van der Waals surface area contributed by atoms with E-state index in [0.29, 0.717) is 6.10 Å². The molecule has 2 aliphatic rings. The van der Waals surface area contributed by atoms with E-state index in [0.717, 1.165) is 11.8 Å². The zero-order valence-corrected chi connectivity index (χ0v) is 12.2. The molecule has 1 saturated carbocycles. The molecule has 0 spiro atoms. The van der Waals surface area contributed by atoms with Crippen LogP contribution in [0.1, 0.15) is 52.9 Å². The van der Waals surface area contributed by atoms with Crippen LogP contribution in [0.5, 0.6) is 0 Å². The van der Waals surface area contributed by atoms with E-state index in [1.807, 2.05) is 21.0 Å². The van der Waals surface area contributed by atoms with Gasteiger partial charge in [-0.05, 0) is 24.7 Å². The molecule has 1 saturated heterocycles. The van der Waals surface area contributed by atoms with Gasteiger partial charge in [-0.1, -0.05) is 40.0 Å². The number of rotatable bonds is 4. The Morgan fingerprint density at radius 2 is 1.53 bits per heavy atom. The summed E-state index contributed by atoms with van der Waals surface area (Å²) in [5.74, 6) is 2.01. The minimum atomic E-state index is 0.525. The molecular weight excluding hydrogens is 210 g/mol. The van der Waals surface area contributed by atoms with Crippen LogP contribution >= 0.6 is 0 Å². The van der Waals surface area contributed by atoms with Crippen molar-refractivity contribution in [3.05, 3.63) is 0 Å². The Kier molecular flexibility index (Phi) is 7.14. The van der Waals surface area contributed by atoms with Gasteiger partial charge < -0.3 is 4.74 Å². The van der Waals surface area contributed by atoms with Crippen molar-refractivity contribution in [1.82, 2.24) is 4.90 Å². The van der Waals surface area contributed by atoms with Crippen LogP contribution in [0, 0.1) is 11.8 Å². The lowest BCUT2D eigenvalue weighted by atomic mass is 9.80. The van der Waals surface area contributed by atoms with E-state index in [1.165, 1.54) is 51.7 Å². The summed E-state index contributed by atoms with van der Waals surface area (Å²) in [5, 5.41) is 0. The van der Waals surface area contributed by atoms with Crippen LogP contribution in [0.3, 0.4) is 0 Å². The van der Waals surface area contributed by atoms with E-state index in [1.54, 1.807) is 0 Å². The van der Waals surface area contributed by atoms with Gasteiger partial charge in [0, 0.05) is 26.7 Å². The lowest BCUT2D eigenvalue weighted by Gasteiger charge is -2.41. The molecule has 0 radical (unpaired) electrons. The molecule has 2 heteroatoms. The van der Waals surface area contributed by atoms with Gasteiger partial charge >= 0.3 is 0 Å². The van der Waals surface area contributed by atoms with E-state index in [2.05, 4.69) is 11.8 Å². The summed E-state index contributed by atoms with van der Waals surface area (Å²) in [5.41, 5.74) is 0. The molecule has 1 heterocycles. The van der Waals surface area contributed by atoms with Crippen LogP contribution in [0.25, 0.3) is 0 Å². The zero-order chi connectivity index (χ0) is 12.7. The van der Waals surface area contributed by atoms with Crippen molar-refractivity contribution >= 4 is 0 Å². The van der Waals surface area contributed by atoms with Gasteiger partial charge in [0.05, 0.1) is 6.10 Å². The van der Waals surface area contributed by atoms with Crippen molar-refractivity contribution in [2.75, 3.05) is 26.7 Å². The Bertz CT molecular complexity index is 181. The summed E-state index contributed by atoms with van der Waals surface area (Å²) in [4.78, 5) is 2.56. The fourth-order valence-corrected chi connectivity index (χ4v) is 3.01. The fourth-order valence-electron chi connectivity index (χ4n) is 3.01. The van der Waals surface area contributed by atoms with Crippen molar-refractivity contribution in [2.45, 2.75) is 59.0 Å². The number of methoxy groups -OCH3 is 1. The largest absolute Gasteiger partial charge is 0.379 e. The van der Waals surface area contributed by atoms with Crippen molar-refractivity contribution in [2.24, 2.45) is 11.8 Å². The highest BCUT2D eigenvalue weighted by Gasteiger charge is 2.29. The Balaban J connectivity index is 0.000000686. The summed E-state index contributed by atoms with van der Waals surface area (Å²) in [6, 6.07) is 0. The molecule has 0 N–H and O–H groups in total. The first kappa shape index (κ1) is 15.0. The van der Waals surface area contributed by atoms with E-state index >= 15 is 0 Å². The van der Waals surface area contributed by atoms with Crippen LogP contribution < -0.4 is 0 Å². The molecule has 0 aromatic heterocycles. The molecule has 0 bridgehead atoms. The Morgan fingerprint density at radius 1 is 1.00 bits per heavy atom. The third-order valence-corrected chi connectivity index (χ3v) is 4.32. The summed E-state index contributed by atoms with van der Waals surface area (Å²) >= 11 is 0. The highest BCUT2D eigenvalue weighted by molar-refractivity contribution is 4.83. The van der Waals surface area contributed by atoms with Gasteiger partial charge in [0.15, 0.2) is 0 Å². The number of hydrogen-bond acceptors (Lipinski definition) is 2. The smallest absolute Gasteiger partial charge is 0.0824 e. The van der Waals surface area contributed by atoms with Gasteiger partial charge in [-0.2, -0.15) is 0 Å². The lowest BCUT2D eigenvalue weighted by molar-refractivity contribution is -0.0386. The molecule has 0 aromatic carbocycles. The highest BCUT2D eigenvalue weighted by atomic mass is 16.5. The molecule has 2 nitrogen and oxygen atoms in total. The van der Waals surface area contributed by atoms with Crippen molar-refractivity contribution < 1.29 is 4.74 Å². The molecule has 1 aliphatic carbocycles. The second-order valence-corrected chi connectivity index (χ2v) is 5.37. The van der Waals surface area contributed by atoms with Gasteiger partial charge in [-0.25, -0.2) is 0 Å². The number of likely N-dealkylation sites (tertiary alicyclic amines) is 1. The monoisotopic (exact) mass is 241 g/mol. The predicted molar refractivity (Wildman–Crippen MR) is 74.3 cm³/mol. The number of hydrogen-bond donors (Lipinski definition) is 0. The van der Waals surface area contributed by atoms with Crippen LogP contribution in [-0.2, 0) is 4.74 Å². The average molecular weight is 241 g/mol. The molecule has 17 heavy (non-hydrogen) atoms. The minimum absolute atomic E-state index is 0.525. The van der Waals surface area contributed by atoms with Gasteiger partial charge in [-0.15, -0.1) is 0 Å². The molecule has 2 fully saturated rings. The SMILES string of the molecule is CC.CCC1CCC(CN2CC(OC)C2)CC1. The molecule has 0 amide bonds. The lowest BCUT2D eigenvalue weighted by Crippen LogP contribution is -2.53. The van der Waals surface area contributed by atoms with Crippen LogP contribution in [-0.4, -0.2) is 37.7 Å². The predicted octanol–water partition coefficient (Wildman–Crippen LogP) is 3.56. The summed E-state index contributed by atoms with van der Waals surface area (Å²) in [7, 11) is 1.83. The third-order valence-electron chi connectivity index (χ3n) is 4.32. The molecule has 2 rings (SSSR count). The standard InChI is InChI=1S/C13H25NO.C2H6/c1-3-11-4-6-12(7-5-11)8-14-9-13(10-14)15-2;1-2/h11-13H,3-10H2,1-2H3;1-2H3. The Labute approximate surface area is 108 Å². The first-order chi connectivity index (χ1) is 8.31. The molecule has 0 aromatic rings. The molecule has 0 atom stereocenters. The van der Waals surface area contributed by atoms with Crippen molar-refractivity contribution in [3.63, 3.8) is 0 Å². The maximum absolute atomic E-state index is 5.30. The van der Waals surface area contributed by atoms with Gasteiger partial charge in [0.25, 0.3) is 0 Å². The third kappa shape index (κ3) is 4.59. The van der Waals surface area contributed by atoms with E-state index in [9.17, 15) is 0 Å². The van der Waals surface area contributed by atoms with Crippen LogP contribution in [0.15, 0.2) is 0 Å². The summed E-state index contributed by atoms with van der Waals surface area (Å²) in [6.07, 6.45) is 7.80. The fraction of sp³-hybridized carbons (Fsp3) is 1.00. The van der Waals surface area contributed by atoms with E-state index in [4.69, 9.17) is 4.74 Å². The topological polar surface area (TPSA) is 12.5 Å². The van der Waals surface area contributed by atoms with Crippen molar-refractivity contribution in [1.29, 1.82) is 0 Å². The maximum atomic E-state index is 5.30. The molecular formula is C15H31NO. The van der Waals surface area contributed by atoms with E-state index in [-0.39, 0.29) is 0 Å². The highest BCUT2D eigenvalue weighted by Crippen LogP contribution is 2.31. The number of ether oxygens (including phenoxy) is 1. The minimum Gasteiger partial charge on any atom is -0.379 e. The Morgan fingerprint density at radius 3 is 2.00 bits per heavy atom. The van der Waals surface area contributed by atoms with Gasteiger partial charge in [0.2, 0.25) is 0 Å². The molecule has 0 unspecified atom stereocenters. The normalized spacial score (nSPS) is 30.4. The first-order valence-corrected chi connectivity index (χ1v) is 7.57. The first-order valence-electron chi connectivity index (χ1n) is 7.57. The second-order valence-electron chi connectivity index (χ2n) is 5.37. The van der Waals surface area contributed by atoms with E-state index < -0.39 is 0 Å². The zero-order valence-electron chi connectivity index (χ0n) is 12.2. The Hall–Kier alpha value is -0.0800. The molecule has 102 valence electrons. The average Bonchev–Trinajstić information content (AvgIpc) is 2.36. The number of nitrogens with zero attached hydrogens (tertiary/aromatic N) is 1. The van der Waals surface area contributed by atoms with Gasteiger partial charge in [0.1, 0.15) is 0 Å². The second kappa shape index (κ2) is 8.10. The molecule has 1 aliphatic heterocycles. The van der Waals surface area contributed by atoms with Crippen molar-refractivity contribution in [3.8, 4) is 0 Å². The quantitative estimate of drug-likeness (QED) is 0.746. The van der Waals surface area contributed by atoms with Gasteiger partial charge in [-0.3, -0.25) is 4.90 Å². The van der Waals surface area contributed by atoms with Crippen LogP contribution in [0.4, 0.5) is 0 Å². The summed E-state index contributed by atoms with van der Waals surface area (Å²) < 4.78 is 5.30. The summed E-state index contributed by atoms with van der Waals surface area (Å²) in [6.45, 7) is 10.0. The van der Waals surface area contributed by atoms with Crippen LogP contribution in [0.2, 0.25) is 0 Å².